The lowest BCUT2D eigenvalue weighted by molar-refractivity contribution is -0.385. The van der Waals surface area contributed by atoms with E-state index in [1.165, 1.54) is 23.1 Å². The summed E-state index contributed by atoms with van der Waals surface area (Å²) in [5.41, 5.74) is -0.170. The minimum atomic E-state index is -0.556. The number of nitrogens with one attached hydrogen (secondary N) is 1. The van der Waals surface area contributed by atoms with Gasteiger partial charge in [0.15, 0.2) is 0 Å². The molecular formula is C14H18ClN3O3. The van der Waals surface area contributed by atoms with Crippen LogP contribution in [0.5, 0.6) is 0 Å². The van der Waals surface area contributed by atoms with Gasteiger partial charge in [0.1, 0.15) is 5.56 Å². The summed E-state index contributed by atoms with van der Waals surface area (Å²) >= 11 is 5.86. The molecule has 6 nitrogen and oxygen atoms in total. The quantitative estimate of drug-likeness (QED) is 0.684. The molecule has 0 saturated carbocycles. The smallest absolute Gasteiger partial charge is 0.282 e. The van der Waals surface area contributed by atoms with Gasteiger partial charge in [0.25, 0.3) is 11.6 Å². The zero-order valence-electron chi connectivity index (χ0n) is 11.8. The van der Waals surface area contributed by atoms with E-state index < -0.39 is 4.92 Å². The van der Waals surface area contributed by atoms with Crippen molar-refractivity contribution in [2.45, 2.75) is 12.8 Å². The van der Waals surface area contributed by atoms with E-state index in [0.717, 1.165) is 25.9 Å². The Morgan fingerprint density at radius 3 is 2.95 bits per heavy atom. The Hall–Kier alpha value is -1.66. The topological polar surface area (TPSA) is 75.5 Å². The lowest BCUT2D eigenvalue weighted by atomic mass is 9.99. The van der Waals surface area contributed by atoms with Gasteiger partial charge in [-0.1, -0.05) is 11.6 Å². The number of nitrogens with zero attached hydrogens (tertiary/aromatic N) is 2. The molecule has 1 aromatic rings. The number of nitro benzene ring substituents is 1. The van der Waals surface area contributed by atoms with Crippen LogP contribution in [0.1, 0.15) is 23.2 Å². The summed E-state index contributed by atoms with van der Waals surface area (Å²) in [5.74, 6) is 0.0145. The third kappa shape index (κ3) is 3.92. The predicted molar refractivity (Wildman–Crippen MR) is 80.7 cm³/mol. The summed E-state index contributed by atoms with van der Waals surface area (Å²) in [6.07, 6.45) is 2.15. The Balaban J connectivity index is 2.14. The van der Waals surface area contributed by atoms with Crippen molar-refractivity contribution in [3.8, 4) is 0 Å². The first-order valence-corrected chi connectivity index (χ1v) is 7.27. The maximum Gasteiger partial charge on any atom is 0.282 e. The highest BCUT2D eigenvalue weighted by molar-refractivity contribution is 6.31. The van der Waals surface area contributed by atoms with Crippen LogP contribution < -0.4 is 5.32 Å². The van der Waals surface area contributed by atoms with Gasteiger partial charge in [-0.15, -0.1) is 0 Å². The van der Waals surface area contributed by atoms with Gasteiger partial charge in [0.2, 0.25) is 0 Å². The molecule has 1 N–H and O–H groups in total. The van der Waals surface area contributed by atoms with Crippen molar-refractivity contribution in [2.24, 2.45) is 5.92 Å². The molecule has 7 heteroatoms. The second kappa shape index (κ2) is 6.87. The van der Waals surface area contributed by atoms with Crippen molar-refractivity contribution in [2.75, 3.05) is 26.7 Å². The Labute approximate surface area is 128 Å². The standard InChI is InChI=1S/C14H18ClN3O3/c1-17(9-10-3-2-6-16-8-10)14(19)12-7-11(15)4-5-13(12)18(20)21/h4-5,7,10,16H,2-3,6,8-9H2,1H3. The Morgan fingerprint density at radius 1 is 1.57 bits per heavy atom. The molecule has 1 aromatic carbocycles. The van der Waals surface area contributed by atoms with Crippen molar-refractivity contribution in [1.29, 1.82) is 0 Å². The molecule has 1 fully saturated rings. The van der Waals surface area contributed by atoms with Crippen molar-refractivity contribution < 1.29 is 9.72 Å². The van der Waals surface area contributed by atoms with Gasteiger partial charge in [-0.3, -0.25) is 14.9 Å². The maximum absolute atomic E-state index is 12.4. The van der Waals surface area contributed by atoms with E-state index in [1.54, 1.807) is 7.05 Å². The molecule has 1 amide bonds. The number of hydrogen-bond acceptors (Lipinski definition) is 4. The third-order valence-corrected chi connectivity index (χ3v) is 3.90. The van der Waals surface area contributed by atoms with Crippen LogP contribution in [-0.2, 0) is 0 Å². The molecule has 0 bridgehead atoms. The monoisotopic (exact) mass is 311 g/mol. The highest BCUT2D eigenvalue weighted by Gasteiger charge is 2.25. The molecule has 1 aliphatic heterocycles. The van der Waals surface area contributed by atoms with E-state index in [4.69, 9.17) is 11.6 Å². The first-order chi connectivity index (χ1) is 9.99. The summed E-state index contributed by atoms with van der Waals surface area (Å²) in [6.45, 7) is 2.46. The van der Waals surface area contributed by atoms with Crippen molar-refractivity contribution in [3.63, 3.8) is 0 Å². The van der Waals surface area contributed by atoms with Crippen molar-refractivity contribution >= 4 is 23.2 Å². The van der Waals surface area contributed by atoms with Gasteiger partial charge in [-0.25, -0.2) is 0 Å². The largest absolute Gasteiger partial charge is 0.341 e. The summed E-state index contributed by atoms with van der Waals surface area (Å²) in [4.78, 5) is 24.5. The first kappa shape index (κ1) is 15.7. The van der Waals surface area contributed by atoms with Crippen LogP contribution in [-0.4, -0.2) is 42.4 Å². The number of rotatable bonds is 4. The molecule has 21 heavy (non-hydrogen) atoms. The van der Waals surface area contributed by atoms with Gasteiger partial charge in [-0.05, 0) is 44.0 Å². The number of halogens is 1. The van der Waals surface area contributed by atoms with Crippen LogP contribution in [0.4, 0.5) is 5.69 Å². The molecule has 1 aliphatic rings. The molecule has 1 saturated heterocycles. The molecular weight excluding hydrogens is 294 g/mol. The average molecular weight is 312 g/mol. The fourth-order valence-electron chi connectivity index (χ4n) is 2.59. The highest BCUT2D eigenvalue weighted by Crippen LogP contribution is 2.24. The van der Waals surface area contributed by atoms with Gasteiger partial charge >= 0.3 is 0 Å². The van der Waals surface area contributed by atoms with E-state index in [-0.39, 0.29) is 17.2 Å². The Morgan fingerprint density at radius 2 is 2.33 bits per heavy atom. The Kier molecular flexibility index (Phi) is 5.14. The van der Waals surface area contributed by atoms with Gasteiger partial charge in [0.05, 0.1) is 4.92 Å². The maximum atomic E-state index is 12.4. The zero-order chi connectivity index (χ0) is 15.4. The van der Waals surface area contributed by atoms with Gasteiger partial charge in [0, 0.05) is 24.7 Å². The Bertz CT molecular complexity index is 544. The lowest BCUT2D eigenvalue weighted by Crippen LogP contribution is -2.39. The SMILES string of the molecule is CN(CC1CCCNC1)C(=O)c1cc(Cl)ccc1[N+](=O)[O-]. The van der Waals surface area contributed by atoms with E-state index >= 15 is 0 Å². The van der Waals surface area contributed by atoms with Gasteiger partial charge < -0.3 is 10.2 Å². The molecule has 0 spiro atoms. The number of amides is 1. The molecule has 1 atom stereocenters. The van der Waals surface area contributed by atoms with Crippen LogP contribution in [0.25, 0.3) is 0 Å². The molecule has 1 unspecified atom stereocenters. The first-order valence-electron chi connectivity index (χ1n) is 6.89. The number of carbonyl (C=O) groups excluding carboxylic acids is 1. The second-order valence-electron chi connectivity index (χ2n) is 5.32. The summed E-state index contributed by atoms with van der Waals surface area (Å²) in [6, 6.07) is 4.05. The van der Waals surface area contributed by atoms with Crippen LogP contribution in [0, 0.1) is 16.0 Å². The van der Waals surface area contributed by atoms with Crippen LogP contribution >= 0.6 is 11.6 Å². The predicted octanol–water partition coefficient (Wildman–Crippen LogP) is 2.32. The lowest BCUT2D eigenvalue weighted by Gasteiger charge is -2.27. The van der Waals surface area contributed by atoms with E-state index in [2.05, 4.69) is 5.32 Å². The molecule has 2 rings (SSSR count). The summed E-state index contributed by atoms with van der Waals surface area (Å²) in [5, 5.41) is 14.6. The molecule has 0 aliphatic carbocycles. The zero-order valence-corrected chi connectivity index (χ0v) is 12.6. The number of carbonyl (C=O) groups is 1. The van der Waals surface area contributed by atoms with Crippen LogP contribution in [0.3, 0.4) is 0 Å². The highest BCUT2D eigenvalue weighted by atomic mass is 35.5. The second-order valence-corrected chi connectivity index (χ2v) is 5.75. The fraction of sp³-hybridized carbons (Fsp3) is 0.500. The summed E-state index contributed by atoms with van der Waals surface area (Å²) < 4.78 is 0. The van der Waals surface area contributed by atoms with E-state index in [0.29, 0.717) is 17.5 Å². The number of benzene rings is 1. The fourth-order valence-corrected chi connectivity index (χ4v) is 2.77. The van der Waals surface area contributed by atoms with Crippen molar-refractivity contribution in [3.05, 3.63) is 38.9 Å². The number of piperidine rings is 1. The van der Waals surface area contributed by atoms with E-state index in [9.17, 15) is 14.9 Å². The average Bonchev–Trinajstić information content (AvgIpc) is 2.47. The van der Waals surface area contributed by atoms with Crippen molar-refractivity contribution in [1.82, 2.24) is 10.2 Å². The summed E-state index contributed by atoms with van der Waals surface area (Å²) in [7, 11) is 1.67. The van der Waals surface area contributed by atoms with Crippen LogP contribution in [0.2, 0.25) is 5.02 Å². The van der Waals surface area contributed by atoms with Gasteiger partial charge in [-0.2, -0.15) is 0 Å². The number of hydrogen-bond donors (Lipinski definition) is 1. The molecule has 0 radical (unpaired) electrons. The third-order valence-electron chi connectivity index (χ3n) is 3.66. The normalized spacial score (nSPS) is 18.3. The number of nitro groups is 1. The van der Waals surface area contributed by atoms with E-state index in [1.807, 2.05) is 0 Å². The molecule has 0 aromatic heterocycles. The minimum Gasteiger partial charge on any atom is -0.341 e. The minimum absolute atomic E-state index is 0.0405. The molecule has 114 valence electrons. The van der Waals surface area contributed by atoms with Crippen LogP contribution in [0.15, 0.2) is 18.2 Å². The molecule has 1 heterocycles.